The maximum atomic E-state index is 4.41. The second-order valence-corrected chi connectivity index (χ2v) is 5.76. The van der Waals surface area contributed by atoms with Gasteiger partial charge in [-0.05, 0) is 44.2 Å². The zero-order valence-corrected chi connectivity index (χ0v) is 10.9. The van der Waals surface area contributed by atoms with E-state index in [0.717, 1.165) is 11.8 Å². The Labute approximate surface area is 102 Å². The quantitative estimate of drug-likeness (QED) is 0.770. The smallest absolute Gasteiger partial charge is 0.0927 e. The highest BCUT2D eigenvalue weighted by Gasteiger charge is 2.27. The van der Waals surface area contributed by atoms with Gasteiger partial charge in [0.05, 0.1) is 5.01 Å². The van der Waals surface area contributed by atoms with Crippen LogP contribution in [-0.4, -0.2) is 18.1 Å². The molecule has 1 aromatic rings. The SMILES string of the molecule is CCCNCC1CCCC1Cc1nccs1. The van der Waals surface area contributed by atoms with Crippen molar-refractivity contribution in [2.75, 3.05) is 13.1 Å². The van der Waals surface area contributed by atoms with E-state index in [2.05, 4.69) is 22.6 Å². The Morgan fingerprint density at radius 3 is 3.06 bits per heavy atom. The Morgan fingerprint density at radius 1 is 1.44 bits per heavy atom. The molecule has 2 atom stereocenters. The average Bonchev–Trinajstić information content (AvgIpc) is 2.92. The van der Waals surface area contributed by atoms with Crippen LogP contribution in [0.2, 0.25) is 0 Å². The van der Waals surface area contributed by atoms with Crippen LogP contribution in [0.15, 0.2) is 11.6 Å². The maximum absolute atomic E-state index is 4.41. The van der Waals surface area contributed by atoms with Crippen molar-refractivity contribution in [1.29, 1.82) is 0 Å². The number of nitrogens with zero attached hydrogens (tertiary/aromatic N) is 1. The molecule has 0 spiro atoms. The molecular weight excluding hydrogens is 216 g/mol. The van der Waals surface area contributed by atoms with Crippen molar-refractivity contribution >= 4 is 11.3 Å². The molecule has 1 aromatic heterocycles. The van der Waals surface area contributed by atoms with Gasteiger partial charge in [-0.2, -0.15) is 0 Å². The number of hydrogen-bond acceptors (Lipinski definition) is 3. The first kappa shape index (κ1) is 12.1. The zero-order valence-electron chi connectivity index (χ0n) is 10.1. The Bertz CT molecular complexity index is 284. The summed E-state index contributed by atoms with van der Waals surface area (Å²) in [4.78, 5) is 4.41. The molecule has 0 bridgehead atoms. The summed E-state index contributed by atoms with van der Waals surface area (Å²) in [5.41, 5.74) is 0. The van der Waals surface area contributed by atoms with E-state index < -0.39 is 0 Å². The lowest BCUT2D eigenvalue weighted by molar-refractivity contribution is 0.365. The molecule has 0 saturated heterocycles. The lowest BCUT2D eigenvalue weighted by Gasteiger charge is -2.19. The third kappa shape index (κ3) is 3.29. The van der Waals surface area contributed by atoms with E-state index in [0.29, 0.717) is 0 Å². The third-order valence-electron chi connectivity index (χ3n) is 3.57. The number of hydrogen-bond donors (Lipinski definition) is 1. The van der Waals surface area contributed by atoms with Crippen LogP contribution in [0, 0.1) is 11.8 Å². The summed E-state index contributed by atoms with van der Waals surface area (Å²) in [6, 6.07) is 0. The van der Waals surface area contributed by atoms with Gasteiger partial charge in [-0.3, -0.25) is 0 Å². The fourth-order valence-electron chi connectivity index (χ4n) is 2.69. The van der Waals surface area contributed by atoms with E-state index in [4.69, 9.17) is 0 Å². The van der Waals surface area contributed by atoms with Crippen LogP contribution < -0.4 is 5.32 Å². The van der Waals surface area contributed by atoms with Crippen LogP contribution in [0.1, 0.15) is 37.6 Å². The molecule has 3 heteroatoms. The predicted molar refractivity (Wildman–Crippen MR) is 69.8 cm³/mol. The van der Waals surface area contributed by atoms with Gasteiger partial charge in [0.25, 0.3) is 0 Å². The highest BCUT2D eigenvalue weighted by Crippen LogP contribution is 2.34. The molecule has 0 aromatic carbocycles. The van der Waals surface area contributed by atoms with E-state index in [9.17, 15) is 0 Å². The van der Waals surface area contributed by atoms with Gasteiger partial charge in [-0.15, -0.1) is 11.3 Å². The monoisotopic (exact) mass is 238 g/mol. The molecule has 90 valence electrons. The first-order valence-corrected chi connectivity index (χ1v) is 7.37. The van der Waals surface area contributed by atoms with Crippen molar-refractivity contribution in [2.24, 2.45) is 11.8 Å². The number of rotatable bonds is 6. The summed E-state index contributed by atoms with van der Waals surface area (Å²) in [7, 11) is 0. The molecule has 2 rings (SSSR count). The summed E-state index contributed by atoms with van der Waals surface area (Å²) in [6.07, 6.45) is 8.60. The molecule has 0 radical (unpaired) electrons. The molecular formula is C13H22N2S. The topological polar surface area (TPSA) is 24.9 Å². The predicted octanol–water partition coefficient (Wildman–Crippen LogP) is 3.10. The Hall–Kier alpha value is -0.410. The van der Waals surface area contributed by atoms with Gasteiger partial charge in [0.15, 0.2) is 0 Å². The van der Waals surface area contributed by atoms with Crippen molar-refractivity contribution in [3.63, 3.8) is 0 Å². The molecule has 1 aliphatic carbocycles. The molecule has 1 saturated carbocycles. The van der Waals surface area contributed by atoms with Crippen LogP contribution in [0.3, 0.4) is 0 Å². The summed E-state index contributed by atoms with van der Waals surface area (Å²) in [5, 5.41) is 6.99. The number of nitrogens with one attached hydrogen (secondary N) is 1. The highest BCUT2D eigenvalue weighted by molar-refractivity contribution is 7.09. The van der Waals surface area contributed by atoms with Crippen LogP contribution in [0.25, 0.3) is 0 Å². The van der Waals surface area contributed by atoms with Crippen molar-refractivity contribution in [1.82, 2.24) is 10.3 Å². The van der Waals surface area contributed by atoms with Crippen LogP contribution in [-0.2, 0) is 6.42 Å². The van der Waals surface area contributed by atoms with E-state index in [1.165, 1.54) is 50.2 Å². The van der Waals surface area contributed by atoms with Crippen molar-refractivity contribution in [2.45, 2.75) is 39.0 Å². The van der Waals surface area contributed by atoms with E-state index in [-0.39, 0.29) is 0 Å². The average molecular weight is 238 g/mol. The minimum Gasteiger partial charge on any atom is -0.316 e. The van der Waals surface area contributed by atoms with Gasteiger partial charge >= 0.3 is 0 Å². The fraction of sp³-hybridized carbons (Fsp3) is 0.769. The zero-order chi connectivity index (χ0) is 11.2. The highest BCUT2D eigenvalue weighted by atomic mass is 32.1. The number of thiazole rings is 1. The summed E-state index contributed by atoms with van der Waals surface area (Å²) >= 11 is 1.81. The van der Waals surface area contributed by atoms with Gasteiger partial charge in [-0.1, -0.05) is 13.3 Å². The first-order chi connectivity index (χ1) is 7.90. The largest absolute Gasteiger partial charge is 0.316 e. The van der Waals surface area contributed by atoms with Gasteiger partial charge in [0.2, 0.25) is 0 Å². The molecule has 2 unspecified atom stereocenters. The molecule has 2 nitrogen and oxygen atoms in total. The minimum atomic E-state index is 0.871. The Balaban J connectivity index is 1.79. The Morgan fingerprint density at radius 2 is 2.31 bits per heavy atom. The molecule has 1 N–H and O–H groups in total. The van der Waals surface area contributed by atoms with Gasteiger partial charge in [0.1, 0.15) is 0 Å². The summed E-state index contributed by atoms with van der Waals surface area (Å²) in [5.74, 6) is 1.76. The second-order valence-electron chi connectivity index (χ2n) is 4.79. The van der Waals surface area contributed by atoms with Crippen LogP contribution in [0.5, 0.6) is 0 Å². The van der Waals surface area contributed by atoms with Crippen LogP contribution in [0.4, 0.5) is 0 Å². The van der Waals surface area contributed by atoms with Gasteiger partial charge in [-0.25, -0.2) is 4.98 Å². The van der Waals surface area contributed by atoms with Gasteiger partial charge in [0, 0.05) is 18.0 Å². The molecule has 0 aliphatic heterocycles. The first-order valence-electron chi connectivity index (χ1n) is 6.49. The number of aromatic nitrogens is 1. The normalized spacial score (nSPS) is 25.1. The second kappa shape index (κ2) is 6.36. The maximum Gasteiger partial charge on any atom is 0.0927 e. The lowest BCUT2D eigenvalue weighted by Crippen LogP contribution is -2.26. The van der Waals surface area contributed by atoms with E-state index in [1.807, 2.05) is 17.5 Å². The summed E-state index contributed by atoms with van der Waals surface area (Å²) < 4.78 is 0. The lowest BCUT2D eigenvalue weighted by atomic mass is 9.93. The molecule has 1 heterocycles. The molecule has 0 amide bonds. The molecule has 1 fully saturated rings. The van der Waals surface area contributed by atoms with Crippen molar-refractivity contribution in [3.05, 3.63) is 16.6 Å². The fourth-order valence-corrected chi connectivity index (χ4v) is 3.40. The van der Waals surface area contributed by atoms with Crippen molar-refractivity contribution in [3.8, 4) is 0 Å². The van der Waals surface area contributed by atoms with E-state index >= 15 is 0 Å². The third-order valence-corrected chi connectivity index (χ3v) is 4.37. The minimum absolute atomic E-state index is 0.871. The molecule has 16 heavy (non-hydrogen) atoms. The van der Waals surface area contributed by atoms with Crippen LogP contribution >= 0.6 is 11.3 Å². The van der Waals surface area contributed by atoms with Gasteiger partial charge < -0.3 is 5.32 Å². The summed E-state index contributed by atoms with van der Waals surface area (Å²) in [6.45, 7) is 4.61. The van der Waals surface area contributed by atoms with E-state index in [1.54, 1.807) is 0 Å². The molecule has 1 aliphatic rings. The van der Waals surface area contributed by atoms with Crippen molar-refractivity contribution < 1.29 is 0 Å². The standard InChI is InChI=1S/C13H22N2S/c1-2-6-14-10-12-5-3-4-11(12)9-13-15-7-8-16-13/h7-8,11-12,14H,2-6,9-10H2,1H3. The Kier molecular flexibility index (Phi) is 4.79.